The lowest BCUT2D eigenvalue weighted by Gasteiger charge is -2.08. The Bertz CT molecular complexity index is 477. The average molecular weight is 285 g/mol. The quantitative estimate of drug-likeness (QED) is 0.746. The number of primary sulfonamides is 1. The minimum absolute atomic E-state index is 0.0743. The maximum absolute atomic E-state index is 10.7. The van der Waals surface area contributed by atoms with Crippen LogP contribution in [0.5, 0.6) is 5.75 Å². The van der Waals surface area contributed by atoms with Crippen LogP contribution in [0.1, 0.15) is 36.8 Å². The Morgan fingerprint density at radius 3 is 2.16 bits per heavy atom. The third kappa shape index (κ3) is 7.85. The minimum atomic E-state index is -3.30. The molecule has 0 atom stereocenters. The van der Waals surface area contributed by atoms with E-state index in [0.717, 1.165) is 25.0 Å². The lowest BCUT2D eigenvalue weighted by Crippen LogP contribution is -2.16. The van der Waals surface area contributed by atoms with Gasteiger partial charge in [-0.15, -0.1) is 0 Å². The van der Waals surface area contributed by atoms with Crippen molar-refractivity contribution in [3.05, 3.63) is 29.3 Å². The number of hydrogen-bond acceptors (Lipinski definition) is 3. The van der Waals surface area contributed by atoms with Gasteiger partial charge in [-0.05, 0) is 49.9 Å². The number of rotatable bonds is 8. The third-order valence-corrected chi connectivity index (χ3v) is 3.64. The summed E-state index contributed by atoms with van der Waals surface area (Å²) in [4.78, 5) is 0. The molecular formula is C14H23NO3S. The van der Waals surface area contributed by atoms with Gasteiger partial charge in [-0.2, -0.15) is 0 Å². The van der Waals surface area contributed by atoms with E-state index < -0.39 is 10.0 Å². The molecule has 0 saturated heterocycles. The van der Waals surface area contributed by atoms with Gasteiger partial charge in [0.15, 0.2) is 0 Å². The first-order valence-electron chi connectivity index (χ1n) is 6.58. The molecule has 0 aromatic heterocycles. The Labute approximate surface area is 116 Å². The predicted molar refractivity (Wildman–Crippen MR) is 77.9 cm³/mol. The molecule has 4 nitrogen and oxygen atoms in total. The van der Waals surface area contributed by atoms with Crippen molar-refractivity contribution in [1.82, 2.24) is 0 Å². The van der Waals surface area contributed by atoms with Crippen molar-refractivity contribution >= 4 is 10.0 Å². The molecule has 0 aliphatic rings. The van der Waals surface area contributed by atoms with Crippen molar-refractivity contribution in [3.8, 4) is 5.75 Å². The summed E-state index contributed by atoms with van der Waals surface area (Å²) in [6.07, 6.45) is 3.38. The molecule has 0 bridgehead atoms. The number of unbranched alkanes of at least 4 members (excludes halogenated alkanes) is 3. The van der Waals surface area contributed by atoms with Gasteiger partial charge in [0.05, 0.1) is 12.4 Å². The highest BCUT2D eigenvalue weighted by Crippen LogP contribution is 2.16. The van der Waals surface area contributed by atoms with Crippen LogP contribution in [0.4, 0.5) is 0 Å². The van der Waals surface area contributed by atoms with Crippen molar-refractivity contribution < 1.29 is 13.2 Å². The van der Waals surface area contributed by atoms with Gasteiger partial charge in [0.2, 0.25) is 10.0 Å². The summed E-state index contributed by atoms with van der Waals surface area (Å²) in [5, 5.41) is 4.93. The first kappa shape index (κ1) is 16.0. The van der Waals surface area contributed by atoms with E-state index >= 15 is 0 Å². The molecule has 0 heterocycles. The van der Waals surface area contributed by atoms with Crippen LogP contribution in [0, 0.1) is 13.8 Å². The fourth-order valence-electron chi connectivity index (χ4n) is 1.97. The second-order valence-corrected chi connectivity index (χ2v) is 6.69. The van der Waals surface area contributed by atoms with Gasteiger partial charge < -0.3 is 4.74 Å². The summed E-state index contributed by atoms with van der Waals surface area (Å²) in [6, 6.07) is 6.15. The molecule has 0 aliphatic carbocycles. The van der Waals surface area contributed by atoms with Crippen LogP contribution in [0.15, 0.2) is 18.2 Å². The van der Waals surface area contributed by atoms with E-state index in [1.165, 1.54) is 11.1 Å². The van der Waals surface area contributed by atoms with Crippen molar-refractivity contribution in [2.24, 2.45) is 5.14 Å². The maximum atomic E-state index is 10.7. The lowest BCUT2D eigenvalue weighted by atomic mass is 10.1. The minimum Gasteiger partial charge on any atom is -0.494 e. The smallest absolute Gasteiger partial charge is 0.209 e. The van der Waals surface area contributed by atoms with Crippen LogP contribution in [0.2, 0.25) is 0 Å². The highest BCUT2D eigenvalue weighted by Gasteiger charge is 2.01. The van der Waals surface area contributed by atoms with Gasteiger partial charge in [-0.25, -0.2) is 13.6 Å². The van der Waals surface area contributed by atoms with Gasteiger partial charge >= 0.3 is 0 Å². The summed E-state index contributed by atoms with van der Waals surface area (Å²) in [5.41, 5.74) is 2.39. The topological polar surface area (TPSA) is 69.4 Å². The first-order chi connectivity index (χ1) is 8.87. The fraction of sp³-hybridized carbons (Fsp3) is 0.571. The molecule has 0 saturated carbocycles. The summed E-state index contributed by atoms with van der Waals surface area (Å²) < 4.78 is 27.1. The maximum Gasteiger partial charge on any atom is 0.209 e. The molecule has 1 rings (SSSR count). The van der Waals surface area contributed by atoms with E-state index in [0.29, 0.717) is 13.0 Å². The zero-order valence-corrected chi connectivity index (χ0v) is 12.5. The molecule has 19 heavy (non-hydrogen) atoms. The van der Waals surface area contributed by atoms with Crippen LogP contribution in [0.25, 0.3) is 0 Å². The second kappa shape index (κ2) is 7.50. The summed E-state index contributed by atoms with van der Waals surface area (Å²) in [5.74, 6) is 0.979. The molecule has 0 radical (unpaired) electrons. The number of aryl methyl sites for hydroxylation is 2. The number of nitrogens with two attached hydrogens (primary N) is 1. The van der Waals surface area contributed by atoms with E-state index in [2.05, 4.69) is 6.07 Å². The van der Waals surface area contributed by atoms with Crippen molar-refractivity contribution in [1.29, 1.82) is 0 Å². The molecule has 0 amide bonds. The van der Waals surface area contributed by atoms with Crippen LogP contribution in [0.3, 0.4) is 0 Å². The zero-order valence-electron chi connectivity index (χ0n) is 11.7. The molecule has 0 fully saturated rings. The van der Waals surface area contributed by atoms with E-state index in [4.69, 9.17) is 9.88 Å². The van der Waals surface area contributed by atoms with Gasteiger partial charge in [0.1, 0.15) is 5.75 Å². The number of sulfonamides is 1. The van der Waals surface area contributed by atoms with Crippen molar-refractivity contribution in [3.63, 3.8) is 0 Å². The molecule has 0 unspecified atom stereocenters. The molecular weight excluding hydrogens is 262 g/mol. The van der Waals surface area contributed by atoms with E-state index in [9.17, 15) is 8.42 Å². The Balaban J connectivity index is 2.14. The largest absolute Gasteiger partial charge is 0.494 e. The monoisotopic (exact) mass is 285 g/mol. The van der Waals surface area contributed by atoms with Crippen LogP contribution in [-0.2, 0) is 10.0 Å². The van der Waals surface area contributed by atoms with Crippen molar-refractivity contribution in [2.45, 2.75) is 39.5 Å². The van der Waals surface area contributed by atoms with E-state index in [1.807, 2.05) is 26.0 Å². The lowest BCUT2D eigenvalue weighted by molar-refractivity contribution is 0.305. The average Bonchev–Trinajstić information content (AvgIpc) is 2.25. The SMILES string of the molecule is Cc1cc(C)cc(OCCCCCCS(N)(=O)=O)c1. The Morgan fingerprint density at radius 2 is 1.58 bits per heavy atom. The molecule has 108 valence electrons. The molecule has 1 aromatic rings. The fourth-order valence-corrected chi connectivity index (χ4v) is 2.57. The molecule has 0 aliphatic heterocycles. The van der Waals surface area contributed by atoms with Crippen LogP contribution >= 0.6 is 0 Å². The number of ether oxygens (including phenoxy) is 1. The highest BCUT2D eigenvalue weighted by atomic mass is 32.2. The first-order valence-corrected chi connectivity index (χ1v) is 8.30. The highest BCUT2D eigenvalue weighted by molar-refractivity contribution is 7.89. The van der Waals surface area contributed by atoms with Gasteiger partial charge in [0.25, 0.3) is 0 Å². The van der Waals surface area contributed by atoms with Gasteiger partial charge in [0, 0.05) is 0 Å². The Hall–Kier alpha value is -1.07. The normalized spacial score (nSPS) is 11.5. The van der Waals surface area contributed by atoms with Gasteiger partial charge in [-0.1, -0.05) is 18.9 Å². The van der Waals surface area contributed by atoms with E-state index in [-0.39, 0.29) is 5.75 Å². The number of benzene rings is 1. The summed E-state index contributed by atoms with van der Waals surface area (Å²) in [7, 11) is -3.30. The molecule has 2 N–H and O–H groups in total. The van der Waals surface area contributed by atoms with Crippen LogP contribution in [-0.4, -0.2) is 20.8 Å². The molecule has 1 aromatic carbocycles. The zero-order chi connectivity index (χ0) is 14.3. The van der Waals surface area contributed by atoms with Crippen LogP contribution < -0.4 is 9.88 Å². The predicted octanol–water partition coefficient (Wildman–Crippen LogP) is 2.53. The molecule has 5 heteroatoms. The Kier molecular flexibility index (Phi) is 6.31. The summed E-state index contributed by atoms with van der Waals surface area (Å²) in [6.45, 7) is 4.76. The third-order valence-electron chi connectivity index (χ3n) is 2.79. The van der Waals surface area contributed by atoms with E-state index in [1.54, 1.807) is 0 Å². The van der Waals surface area contributed by atoms with Gasteiger partial charge in [-0.3, -0.25) is 0 Å². The second-order valence-electron chi connectivity index (χ2n) is 4.95. The number of hydrogen-bond donors (Lipinski definition) is 1. The summed E-state index contributed by atoms with van der Waals surface area (Å²) >= 11 is 0. The molecule has 0 spiro atoms. The van der Waals surface area contributed by atoms with Crippen molar-refractivity contribution in [2.75, 3.05) is 12.4 Å². The Morgan fingerprint density at radius 1 is 1.00 bits per heavy atom. The standard InChI is InChI=1S/C14H23NO3S/c1-12-9-13(2)11-14(10-12)18-7-5-3-4-6-8-19(15,16)17/h9-11H,3-8H2,1-2H3,(H2,15,16,17).